The van der Waals surface area contributed by atoms with Gasteiger partial charge in [-0.15, -0.1) is 0 Å². The topological polar surface area (TPSA) is 47.7 Å². The highest BCUT2D eigenvalue weighted by Gasteiger charge is 2.18. The fraction of sp³-hybridized carbons (Fsp3) is 0.345. The molecule has 0 aliphatic carbocycles. The third-order valence-corrected chi connectivity index (χ3v) is 5.94. The monoisotopic (exact) mass is 494 g/mol. The first-order valence-electron chi connectivity index (χ1n) is 12.1. The van der Waals surface area contributed by atoms with Crippen molar-refractivity contribution in [2.75, 3.05) is 18.6 Å². The summed E-state index contributed by atoms with van der Waals surface area (Å²) in [7, 11) is 1.54. The maximum Gasteiger partial charge on any atom is 0.298 e. The molecule has 0 saturated heterocycles. The predicted octanol–water partition coefficient (Wildman–Crippen LogP) is 7.53. The second kappa shape index (κ2) is 11.0. The molecule has 0 spiro atoms. The molecule has 0 radical (unpaired) electrons. The van der Waals surface area contributed by atoms with E-state index in [-0.39, 0.29) is 17.6 Å². The Morgan fingerprint density at radius 2 is 1.69 bits per heavy atom. The molecule has 5 nitrogen and oxygen atoms in total. The van der Waals surface area contributed by atoms with Crippen LogP contribution in [0.15, 0.2) is 65.1 Å². The number of hydrogen-bond donors (Lipinski definition) is 0. The SMILES string of the molecule is COc1cc(CN(CCCC(C)(C)C)c2nc3ccccc3o2)ccc1OCc1c(F)cccc1F. The standard InChI is InChI=1S/C29H32F2N2O3/c1-29(2,3)15-8-16-33(28-32-24-11-5-6-12-25(24)36-28)18-20-13-14-26(27(17-20)34-4)35-19-21-22(30)9-7-10-23(21)31/h5-7,9-14,17H,8,15-16,18-19H2,1-4H3. The zero-order chi connectivity index (χ0) is 25.7. The number of methoxy groups -OCH3 is 1. The van der Waals surface area contributed by atoms with Gasteiger partial charge in [0.15, 0.2) is 17.1 Å². The minimum atomic E-state index is -0.644. The van der Waals surface area contributed by atoms with Crippen LogP contribution in [0.3, 0.4) is 0 Å². The predicted molar refractivity (Wildman–Crippen MR) is 137 cm³/mol. The van der Waals surface area contributed by atoms with Crippen LogP contribution in [0.5, 0.6) is 11.5 Å². The molecule has 0 saturated carbocycles. The van der Waals surface area contributed by atoms with Gasteiger partial charge in [-0.25, -0.2) is 8.78 Å². The van der Waals surface area contributed by atoms with Crippen molar-refractivity contribution in [3.8, 4) is 11.5 Å². The van der Waals surface area contributed by atoms with Gasteiger partial charge in [0.25, 0.3) is 6.01 Å². The number of ether oxygens (including phenoxy) is 2. The quantitative estimate of drug-likeness (QED) is 0.228. The normalized spacial score (nSPS) is 11.6. The highest BCUT2D eigenvalue weighted by atomic mass is 19.1. The number of aromatic nitrogens is 1. The van der Waals surface area contributed by atoms with Crippen molar-refractivity contribution in [1.29, 1.82) is 0 Å². The van der Waals surface area contributed by atoms with E-state index in [9.17, 15) is 8.78 Å². The van der Waals surface area contributed by atoms with Gasteiger partial charge in [-0.3, -0.25) is 0 Å². The maximum atomic E-state index is 14.0. The van der Waals surface area contributed by atoms with Gasteiger partial charge < -0.3 is 18.8 Å². The van der Waals surface area contributed by atoms with Crippen molar-refractivity contribution >= 4 is 17.1 Å². The molecule has 3 aromatic carbocycles. The zero-order valence-corrected chi connectivity index (χ0v) is 21.2. The number of hydrogen-bond acceptors (Lipinski definition) is 5. The van der Waals surface area contributed by atoms with Crippen LogP contribution in [0.1, 0.15) is 44.7 Å². The number of anilines is 1. The molecule has 0 atom stereocenters. The minimum Gasteiger partial charge on any atom is -0.493 e. The molecule has 0 unspecified atom stereocenters. The van der Waals surface area contributed by atoms with Gasteiger partial charge in [-0.1, -0.05) is 45.0 Å². The zero-order valence-electron chi connectivity index (χ0n) is 21.2. The average molecular weight is 495 g/mol. The molecule has 190 valence electrons. The number of halogens is 2. The molecule has 4 aromatic rings. The Balaban J connectivity index is 1.53. The summed E-state index contributed by atoms with van der Waals surface area (Å²) < 4.78 is 45.3. The summed E-state index contributed by atoms with van der Waals surface area (Å²) in [6.45, 7) is 7.78. The average Bonchev–Trinajstić information content (AvgIpc) is 3.27. The summed E-state index contributed by atoms with van der Waals surface area (Å²) >= 11 is 0. The molecule has 0 amide bonds. The van der Waals surface area contributed by atoms with Crippen LogP contribution in [0.4, 0.5) is 14.8 Å². The van der Waals surface area contributed by atoms with Crippen LogP contribution in [-0.2, 0) is 13.2 Å². The van der Waals surface area contributed by atoms with Gasteiger partial charge in [0.05, 0.1) is 12.7 Å². The lowest BCUT2D eigenvalue weighted by molar-refractivity contribution is 0.274. The molecular formula is C29H32F2N2O3. The highest BCUT2D eigenvalue weighted by Crippen LogP contribution is 2.31. The molecule has 4 rings (SSSR count). The number of nitrogens with zero attached hydrogens (tertiary/aromatic N) is 2. The Hall–Kier alpha value is -3.61. The van der Waals surface area contributed by atoms with E-state index in [0.29, 0.717) is 24.1 Å². The summed E-state index contributed by atoms with van der Waals surface area (Å²) in [6, 6.07) is 17.6. The lowest BCUT2D eigenvalue weighted by atomic mass is 9.90. The van der Waals surface area contributed by atoms with E-state index in [1.807, 2.05) is 36.4 Å². The Kier molecular flexibility index (Phi) is 7.77. The molecule has 7 heteroatoms. The maximum absolute atomic E-state index is 14.0. The van der Waals surface area contributed by atoms with E-state index in [4.69, 9.17) is 18.9 Å². The number of rotatable bonds is 10. The van der Waals surface area contributed by atoms with Crippen LogP contribution in [0.2, 0.25) is 0 Å². The Labute approximate surface area is 210 Å². The van der Waals surface area contributed by atoms with Crippen LogP contribution in [-0.4, -0.2) is 18.6 Å². The van der Waals surface area contributed by atoms with E-state index in [1.54, 1.807) is 6.07 Å². The van der Waals surface area contributed by atoms with Gasteiger partial charge in [-0.2, -0.15) is 4.98 Å². The van der Waals surface area contributed by atoms with Gasteiger partial charge in [0.2, 0.25) is 0 Å². The first-order valence-corrected chi connectivity index (χ1v) is 12.1. The van der Waals surface area contributed by atoms with E-state index in [2.05, 4.69) is 25.7 Å². The van der Waals surface area contributed by atoms with Crippen molar-refractivity contribution < 1.29 is 22.7 Å². The van der Waals surface area contributed by atoms with Crippen molar-refractivity contribution in [2.24, 2.45) is 5.41 Å². The van der Waals surface area contributed by atoms with Gasteiger partial charge in [0.1, 0.15) is 23.8 Å². The van der Waals surface area contributed by atoms with E-state index < -0.39 is 11.6 Å². The van der Waals surface area contributed by atoms with Crippen molar-refractivity contribution in [2.45, 2.75) is 46.8 Å². The first-order chi connectivity index (χ1) is 17.2. The largest absolute Gasteiger partial charge is 0.493 e. The first kappa shape index (κ1) is 25.5. The molecule has 0 aliphatic heterocycles. The molecule has 0 bridgehead atoms. The Morgan fingerprint density at radius 3 is 2.39 bits per heavy atom. The summed E-state index contributed by atoms with van der Waals surface area (Å²) in [4.78, 5) is 6.82. The van der Waals surface area contributed by atoms with Gasteiger partial charge >= 0.3 is 0 Å². The van der Waals surface area contributed by atoms with Crippen molar-refractivity contribution in [3.05, 3.63) is 83.4 Å². The third-order valence-electron chi connectivity index (χ3n) is 5.94. The van der Waals surface area contributed by atoms with E-state index in [1.165, 1.54) is 25.3 Å². The van der Waals surface area contributed by atoms with Crippen molar-refractivity contribution in [1.82, 2.24) is 4.98 Å². The fourth-order valence-corrected chi connectivity index (χ4v) is 4.01. The highest BCUT2D eigenvalue weighted by molar-refractivity contribution is 5.74. The second-order valence-electron chi connectivity index (χ2n) is 10.0. The lowest BCUT2D eigenvalue weighted by Gasteiger charge is -2.24. The number of para-hydroxylation sites is 2. The lowest BCUT2D eigenvalue weighted by Crippen LogP contribution is -2.25. The van der Waals surface area contributed by atoms with E-state index in [0.717, 1.165) is 36.0 Å². The smallest absolute Gasteiger partial charge is 0.298 e. The Bertz CT molecular complexity index is 1260. The van der Waals surface area contributed by atoms with Crippen LogP contribution in [0.25, 0.3) is 11.1 Å². The molecule has 0 fully saturated rings. The third kappa shape index (κ3) is 6.33. The van der Waals surface area contributed by atoms with Crippen LogP contribution < -0.4 is 14.4 Å². The summed E-state index contributed by atoms with van der Waals surface area (Å²) in [6.07, 6.45) is 2.04. The van der Waals surface area contributed by atoms with Crippen LogP contribution >= 0.6 is 0 Å². The molecule has 1 heterocycles. The summed E-state index contributed by atoms with van der Waals surface area (Å²) in [5, 5.41) is 0. The number of oxazole rings is 1. The number of fused-ring (bicyclic) bond motifs is 1. The fourth-order valence-electron chi connectivity index (χ4n) is 4.01. The van der Waals surface area contributed by atoms with Crippen LogP contribution in [0, 0.1) is 17.0 Å². The summed E-state index contributed by atoms with van der Waals surface area (Å²) in [5.41, 5.74) is 2.64. The van der Waals surface area contributed by atoms with Gasteiger partial charge in [-0.05, 0) is 60.2 Å². The molecule has 1 aromatic heterocycles. The Morgan fingerprint density at radius 1 is 0.944 bits per heavy atom. The van der Waals surface area contributed by atoms with E-state index >= 15 is 0 Å². The molecule has 0 aliphatic rings. The minimum absolute atomic E-state index is 0.121. The van der Waals surface area contributed by atoms with Crippen molar-refractivity contribution in [3.63, 3.8) is 0 Å². The number of benzene rings is 3. The van der Waals surface area contributed by atoms with Gasteiger partial charge in [0, 0.05) is 13.1 Å². The molecule has 36 heavy (non-hydrogen) atoms. The molecule has 0 N–H and O–H groups in total. The second-order valence-corrected chi connectivity index (χ2v) is 10.0. The summed E-state index contributed by atoms with van der Waals surface area (Å²) in [5.74, 6) is -0.397. The molecular weight excluding hydrogens is 462 g/mol.